The molecule has 148 valence electrons. The molecule has 0 saturated heterocycles. The van der Waals surface area contributed by atoms with E-state index in [1.54, 1.807) is 12.1 Å². The summed E-state index contributed by atoms with van der Waals surface area (Å²) in [6, 6.07) is 3.76. The number of halogens is 3. The number of hydrogen-bond donors (Lipinski definition) is 2. The smallest absolute Gasteiger partial charge is 0.380 e. The van der Waals surface area contributed by atoms with Gasteiger partial charge in [0.05, 0.1) is 17.9 Å². The summed E-state index contributed by atoms with van der Waals surface area (Å²) in [6.07, 6.45) is -2.40. The summed E-state index contributed by atoms with van der Waals surface area (Å²) >= 11 is 1.12. The molecule has 11 heteroatoms. The third kappa shape index (κ3) is 4.93. The minimum absolute atomic E-state index is 0.244. The van der Waals surface area contributed by atoms with Crippen molar-refractivity contribution >= 4 is 32.8 Å². The first-order valence-corrected chi connectivity index (χ1v) is 9.11. The van der Waals surface area contributed by atoms with E-state index in [0.29, 0.717) is 40.9 Å². The molecule has 0 bridgehead atoms. The molecule has 2 N–H and O–H groups in total. The number of nitrogens with zero attached hydrogens (tertiary/aromatic N) is 3. The summed E-state index contributed by atoms with van der Waals surface area (Å²) in [5.74, 6) is 0. The number of pyridine rings is 2. The molecule has 2 amide bonds. The van der Waals surface area contributed by atoms with Crippen molar-refractivity contribution in [3.63, 3.8) is 0 Å². The van der Waals surface area contributed by atoms with E-state index in [-0.39, 0.29) is 5.56 Å². The van der Waals surface area contributed by atoms with Crippen molar-refractivity contribution in [1.29, 1.82) is 0 Å². The summed E-state index contributed by atoms with van der Waals surface area (Å²) in [4.78, 5) is 24.5. The number of urea groups is 1. The lowest BCUT2D eigenvalue weighted by Gasteiger charge is -2.07. The number of nitrogens with one attached hydrogen (secondary N) is 2. The highest BCUT2D eigenvalue weighted by atomic mass is 32.1. The zero-order valence-corrected chi connectivity index (χ0v) is 15.5. The molecule has 3 aromatic rings. The number of carbonyl (C=O) groups is 1. The SMILES string of the molecule is CCOCCNC(=O)Nc1nc2ccc(-c3cncc(C(F)(F)F)c3)nc2s1. The fourth-order valence-electron chi connectivity index (χ4n) is 2.29. The van der Waals surface area contributed by atoms with Crippen LogP contribution in [-0.4, -0.2) is 40.7 Å². The molecular formula is C17H16F3N5O2S. The van der Waals surface area contributed by atoms with Gasteiger partial charge < -0.3 is 10.1 Å². The number of rotatable bonds is 6. The first-order chi connectivity index (χ1) is 13.4. The lowest BCUT2D eigenvalue weighted by molar-refractivity contribution is -0.137. The number of anilines is 1. The van der Waals surface area contributed by atoms with Crippen molar-refractivity contribution in [2.45, 2.75) is 13.1 Å². The average Bonchev–Trinajstić information content (AvgIpc) is 3.06. The number of fused-ring (bicyclic) bond motifs is 1. The molecule has 3 heterocycles. The van der Waals surface area contributed by atoms with Crippen LogP contribution in [0.15, 0.2) is 30.6 Å². The van der Waals surface area contributed by atoms with Crippen LogP contribution in [-0.2, 0) is 10.9 Å². The standard InChI is InChI=1S/C17H16F3N5O2S/c1-2-27-6-5-22-15(26)25-16-24-13-4-3-12(23-14(13)28-16)10-7-11(9-21-8-10)17(18,19)20/h3-4,7-9H,2,5-6H2,1H3,(H2,22,24,25,26). The third-order valence-corrected chi connectivity index (χ3v) is 4.45. The van der Waals surface area contributed by atoms with Gasteiger partial charge in [-0.1, -0.05) is 11.3 Å². The zero-order chi connectivity index (χ0) is 20.1. The highest BCUT2D eigenvalue weighted by Crippen LogP contribution is 2.32. The van der Waals surface area contributed by atoms with Crippen molar-refractivity contribution in [2.24, 2.45) is 0 Å². The van der Waals surface area contributed by atoms with E-state index >= 15 is 0 Å². The second-order valence-electron chi connectivity index (χ2n) is 5.58. The number of carbonyl (C=O) groups excluding carboxylic acids is 1. The van der Waals surface area contributed by atoms with E-state index in [2.05, 4.69) is 25.6 Å². The minimum Gasteiger partial charge on any atom is -0.380 e. The molecular weight excluding hydrogens is 395 g/mol. The van der Waals surface area contributed by atoms with E-state index in [1.165, 1.54) is 6.20 Å². The summed E-state index contributed by atoms with van der Waals surface area (Å²) in [5, 5.41) is 5.55. The Bertz CT molecular complexity index is 977. The minimum atomic E-state index is -4.48. The monoisotopic (exact) mass is 411 g/mol. The van der Waals surface area contributed by atoms with Crippen LogP contribution in [0.2, 0.25) is 0 Å². The Kier molecular flexibility index (Phi) is 6.05. The largest absolute Gasteiger partial charge is 0.417 e. The molecule has 0 spiro atoms. The van der Waals surface area contributed by atoms with Gasteiger partial charge in [0.25, 0.3) is 0 Å². The van der Waals surface area contributed by atoms with Crippen molar-refractivity contribution < 1.29 is 22.7 Å². The molecule has 0 unspecified atom stereocenters. The highest BCUT2D eigenvalue weighted by Gasteiger charge is 2.31. The maximum atomic E-state index is 12.9. The fourth-order valence-corrected chi connectivity index (χ4v) is 3.12. The normalized spacial score (nSPS) is 11.6. The number of amides is 2. The summed E-state index contributed by atoms with van der Waals surface area (Å²) in [6.45, 7) is 3.18. The Morgan fingerprint density at radius 3 is 2.82 bits per heavy atom. The first-order valence-electron chi connectivity index (χ1n) is 8.29. The zero-order valence-electron chi connectivity index (χ0n) is 14.7. The summed E-state index contributed by atoms with van der Waals surface area (Å²) in [7, 11) is 0. The van der Waals surface area contributed by atoms with Crippen molar-refractivity contribution in [2.75, 3.05) is 25.1 Å². The van der Waals surface area contributed by atoms with Crippen molar-refractivity contribution in [3.8, 4) is 11.3 Å². The van der Waals surface area contributed by atoms with Crippen molar-refractivity contribution in [1.82, 2.24) is 20.3 Å². The number of alkyl halides is 3. The lowest BCUT2D eigenvalue weighted by Crippen LogP contribution is -2.31. The van der Waals surface area contributed by atoms with Gasteiger partial charge in [-0.2, -0.15) is 13.2 Å². The van der Waals surface area contributed by atoms with E-state index in [0.717, 1.165) is 23.6 Å². The lowest BCUT2D eigenvalue weighted by atomic mass is 10.1. The molecule has 0 aliphatic rings. The van der Waals surface area contributed by atoms with E-state index in [4.69, 9.17) is 4.74 Å². The van der Waals surface area contributed by atoms with Crippen LogP contribution in [0.4, 0.5) is 23.1 Å². The number of ether oxygens (including phenoxy) is 1. The highest BCUT2D eigenvalue weighted by molar-refractivity contribution is 7.21. The van der Waals surface area contributed by atoms with Gasteiger partial charge in [0, 0.05) is 31.1 Å². The summed E-state index contributed by atoms with van der Waals surface area (Å²) in [5.41, 5.74) is 0.261. The molecule has 3 rings (SSSR count). The van der Waals surface area contributed by atoms with Gasteiger partial charge in [-0.25, -0.2) is 14.8 Å². The Labute approximate surface area is 162 Å². The van der Waals surface area contributed by atoms with Crippen LogP contribution >= 0.6 is 11.3 Å². The summed E-state index contributed by atoms with van der Waals surface area (Å²) < 4.78 is 43.7. The van der Waals surface area contributed by atoms with Crippen molar-refractivity contribution in [3.05, 3.63) is 36.2 Å². The predicted octanol–water partition coefficient (Wildman–Crippen LogP) is 3.93. The Hall–Kier alpha value is -2.79. The van der Waals surface area contributed by atoms with Gasteiger partial charge in [-0.3, -0.25) is 10.3 Å². The van der Waals surface area contributed by atoms with E-state index < -0.39 is 17.8 Å². The van der Waals surface area contributed by atoms with Gasteiger partial charge in [-0.15, -0.1) is 0 Å². The predicted molar refractivity (Wildman–Crippen MR) is 99.2 cm³/mol. The van der Waals surface area contributed by atoms with Crippen LogP contribution in [0.5, 0.6) is 0 Å². The Balaban J connectivity index is 1.75. The first kappa shape index (κ1) is 20.0. The number of aromatic nitrogens is 3. The number of hydrogen-bond acceptors (Lipinski definition) is 6. The topological polar surface area (TPSA) is 89.0 Å². The molecule has 3 aromatic heterocycles. The molecule has 7 nitrogen and oxygen atoms in total. The van der Waals surface area contributed by atoms with Gasteiger partial charge >= 0.3 is 12.2 Å². The van der Waals surface area contributed by atoms with Gasteiger partial charge in [0.15, 0.2) is 5.13 Å². The van der Waals surface area contributed by atoms with E-state index in [1.807, 2.05) is 6.92 Å². The third-order valence-electron chi connectivity index (χ3n) is 3.57. The van der Waals surface area contributed by atoms with Crippen LogP contribution < -0.4 is 10.6 Å². The van der Waals surface area contributed by atoms with Gasteiger partial charge in [-0.05, 0) is 25.1 Å². The molecule has 0 saturated carbocycles. The number of thiazole rings is 1. The fraction of sp³-hybridized carbons (Fsp3) is 0.294. The average molecular weight is 411 g/mol. The molecule has 0 fully saturated rings. The molecule has 0 aliphatic carbocycles. The second-order valence-corrected chi connectivity index (χ2v) is 6.56. The van der Waals surface area contributed by atoms with E-state index in [9.17, 15) is 18.0 Å². The second kappa shape index (κ2) is 8.48. The maximum Gasteiger partial charge on any atom is 0.417 e. The molecule has 0 atom stereocenters. The molecule has 0 radical (unpaired) electrons. The molecule has 28 heavy (non-hydrogen) atoms. The quantitative estimate of drug-likeness (QED) is 0.600. The van der Waals surface area contributed by atoms with Gasteiger partial charge in [0.2, 0.25) is 0 Å². The van der Waals surface area contributed by atoms with Crippen LogP contribution in [0.25, 0.3) is 21.6 Å². The van der Waals surface area contributed by atoms with Crippen LogP contribution in [0.1, 0.15) is 12.5 Å². The van der Waals surface area contributed by atoms with Crippen LogP contribution in [0, 0.1) is 0 Å². The van der Waals surface area contributed by atoms with Gasteiger partial charge in [0.1, 0.15) is 10.3 Å². The van der Waals surface area contributed by atoms with Crippen LogP contribution in [0.3, 0.4) is 0 Å². The Morgan fingerprint density at radius 2 is 2.07 bits per heavy atom. The molecule has 0 aliphatic heterocycles. The maximum absolute atomic E-state index is 12.9. The molecule has 0 aromatic carbocycles. The Morgan fingerprint density at radius 1 is 1.25 bits per heavy atom.